The third-order valence-corrected chi connectivity index (χ3v) is 8.28. The van der Waals surface area contributed by atoms with Crippen LogP contribution in [0, 0.1) is 0 Å². The van der Waals surface area contributed by atoms with Crippen LogP contribution in [-0.2, 0) is 9.05 Å². The summed E-state index contributed by atoms with van der Waals surface area (Å²) in [5, 5.41) is 10.9. The number of benzene rings is 3. The fourth-order valence-corrected chi connectivity index (χ4v) is 6.41. The molecule has 0 bridgehead atoms. The van der Waals surface area contributed by atoms with Crippen molar-refractivity contribution in [2.24, 2.45) is 10.2 Å². The maximum Gasteiger partial charge on any atom is 0.162 e. The Morgan fingerprint density at radius 1 is 0.625 bits per heavy atom. The molecule has 0 saturated heterocycles. The summed E-state index contributed by atoms with van der Waals surface area (Å²) in [7, 11) is 2.47. The number of nitrogens with zero attached hydrogens (tertiary/aromatic N) is 2. The second-order valence-corrected chi connectivity index (χ2v) is 9.83. The van der Waals surface area contributed by atoms with Crippen LogP contribution in [0.1, 0.15) is 11.1 Å². The molecule has 32 heavy (non-hydrogen) atoms. The number of allylic oxidation sites excluding steroid dienone is 2. The highest BCUT2D eigenvalue weighted by atomic mass is 31.2. The van der Waals surface area contributed by atoms with Gasteiger partial charge in [0.1, 0.15) is 5.75 Å². The monoisotopic (exact) mass is 444 g/mol. The van der Waals surface area contributed by atoms with Gasteiger partial charge in [0.2, 0.25) is 0 Å². The van der Waals surface area contributed by atoms with E-state index in [-0.39, 0.29) is 0 Å². The zero-order valence-corrected chi connectivity index (χ0v) is 19.2. The van der Waals surface area contributed by atoms with E-state index in [0.29, 0.717) is 0 Å². The number of hydrogen-bond acceptors (Lipinski definition) is 5. The molecule has 0 fully saturated rings. The lowest BCUT2D eigenvalue weighted by atomic mass is 10.1. The maximum atomic E-state index is 6.15. The van der Waals surface area contributed by atoms with E-state index in [0.717, 1.165) is 38.9 Å². The van der Waals surface area contributed by atoms with Gasteiger partial charge in [-0.2, -0.15) is 10.2 Å². The van der Waals surface area contributed by atoms with Crippen molar-refractivity contribution in [2.75, 3.05) is 21.3 Å². The van der Waals surface area contributed by atoms with Crippen LogP contribution in [0.5, 0.6) is 5.75 Å². The van der Waals surface area contributed by atoms with Gasteiger partial charge in [0, 0.05) is 24.8 Å². The molecule has 0 spiro atoms. The van der Waals surface area contributed by atoms with Crippen LogP contribution in [0.15, 0.2) is 113 Å². The SMILES string of the molecule is COc1ccc(N=NC2=CC(c3ccccc3)=P(OC)(OC)C(c3ccccc3)=C2)cc1. The topological polar surface area (TPSA) is 52.4 Å². The van der Waals surface area contributed by atoms with Crippen LogP contribution in [0.2, 0.25) is 0 Å². The number of ether oxygens (including phenoxy) is 1. The lowest BCUT2D eigenvalue weighted by molar-refractivity contribution is 0.345. The van der Waals surface area contributed by atoms with E-state index in [1.165, 1.54) is 0 Å². The first kappa shape index (κ1) is 22.0. The van der Waals surface area contributed by atoms with Crippen molar-refractivity contribution in [3.8, 4) is 5.75 Å². The first-order valence-corrected chi connectivity index (χ1v) is 11.8. The van der Waals surface area contributed by atoms with Crippen molar-refractivity contribution >= 4 is 23.6 Å². The molecule has 0 unspecified atom stereocenters. The van der Waals surface area contributed by atoms with Crippen LogP contribution >= 0.6 is 7.34 Å². The molecule has 1 aliphatic heterocycles. The van der Waals surface area contributed by atoms with Crippen LogP contribution in [0.25, 0.3) is 5.31 Å². The largest absolute Gasteiger partial charge is 0.497 e. The molecule has 4 rings (SSSR count). The van der Waals surface area contributed by atoms with Gasteiger partial charge in [0.05, 0.1) is 18.5 Å². The molecule has 0 aromatic heterocycles. The molecule has 0 aliphatic carbocycles. The minimum absolute atomic E-state index is 0.725. The predicted molar refractivity (Wildman–Crippen MR) is 132 cm³/mol. The highest BCUT2D eigenvalue weighted by molar-refractivity contribution is 7.78. The Bertz CT molecular complexity index is 1210. The molecular weight excluding hydrogens is 419 g/mol. The van der Waals surface area contributed by atoms with E-state index >= 15 is 0 Å². The normalized spacial score (nSPS) is 15.4. The molecule has 5 nitrogen and oxygen atoms in total. The zero-order chi connectivity index (χ0) is 22.4. The quantitative estimate of drug-likeness (QED) is 0.289. The number of azo groups is 1. The summed E-state index contributed by atoms with van der Waals surface area (Å²) in [6.45, 7) is 0. The third-order valence-electron chi connectivity index (χ3n) is 5.21. The van der Waals surface area contributed by atoms with Gasteiger partial charge in [-0.15, -0.1) is 0 Å². The van der Waals surface area contributed by atoms with Crippen molar-refractivity contribution in [3.63, 3.8) is 0 Å². The summed E-state index contributed by atoms with van der Waals surface area (Å²) in [4.78, 5) is 0. The van der Waals surface area contributed by atoms with E-state index in [9.17, 15) is 0 Å². The van der Waals surface area contributed by atoms with Crippen molar-refractivity contribution in [1.82, 2.24) is 0 Å². The van der Waals surface area contributed by atoms with Crippen molar-refractivity contribution < 1.29 is 13.8 Å². The molecule has 0 saturated carbocycles. The van der Waals surface area contributed by atoms with Gasteiger partial charge in [-0.3, -0.25) is 0 Å². The van der Waals surface area contributed by atoms with Gasteiger partial charge in [-0.25, -0.2) is 0 Å². The standard InChI is InChI=1S/C26H25N2O3P/c1-29-24-16-14-22(15-17-24)27-28-23-18-25(20-10-6-4-7-11-20)32(30-2,31-3)26(19-23)21-12-8-5-9-13-21/h4-19H,1-3H3. The van der Waals surface area contributed by atoms with Crippen LogP contribution < -0.4 is 4.74 Å². The molecule has 1 heterocycles. The van der Waals surface area contributed by atoms with E-state index in [1.807, 2.05) is 72.8 Å². The number of rotatable bonds is 7. The minimum Gasteiger partial charge on any atom is -0.497 e. The third kappa shape index (κ3) is 4.37. The average molecular weight is 444 g/mol. The fourth-order valence-electron chi connectivity index (χ4n) is 3.64. The highest BCUT2D eigenvalue weighted by Gasteiger charge is 2.32. The molecule has 0 amide bonds. The van der Waals surface area contributed by atoms with E-state index in [4.69, 9.17) is 13.8 Å². The number of hydrogen-bond donors (Lipinski definition) is 0. The van der Waals surface area contributed by atoms with Gasteiger partial charge >= 0.3 is 0 Å². The van der Waals surface area contributed by atoms with Crippen molar-refractivity contribution in [1.29, 1.82) is 0 Å². The Morgan fingerprint density at radius 2 is 1.22 bits per heavy atom. The molecule has 3 aromatic carbocycles. The highest BCUT2D eigenvalue weighted by Crippen LogP contribution is 2.64. The van der Waals surface area contributed by atoms with Crippen molar-refractivity contribution in [3.05, 3.63) is 114 Å². The Kier molecular flexibility index (Phi) is 6.81. The first-order valence-electron chi connectivity index (χ1n) is 10.2. The van der Waals surface area contributed by atoms with Crippen molar-refractivity contribution in [2.45, 2.75) is 0 Å². The second kappa shape index (κ2) is 9.92. The Hall–Kier alpha value is -3.24. The lowest BCUT2D eigenvalue weighted by Gasteiger charge is -2.31. The van der Waals surface area contributed by atoms with Gasteiger partial charge in [0.15, 0.2) is 7.34 Å². The van der Waals surface area contributed by atoms with Crippen LogP contribution in [-0.4, -0.2) is 26.6 Å². The minimum atomic E-state index is -2.58. The summed E-state index contributed by atoms with van der Waals surface area (Å²) in [6.07, 6.45) is 4.02. The van der Waals surface area contributed by atoms with Crippen LogP contribution in [0.4, 0.5) is 5.69 Å². The Labute approximate surface area is 188 Å². The fraction of sp³-hybridized carbons (Fsp3) is 0.115. The van der Waals surface area contributed by atoms with Gasteiger partial charge in [-0.05, 0) is 47.5 Å². The summed E-state index contributed by atoms with van der Waals surface area (Å²) in [5.41, 5.74) is 3.53. The van der Waals surface area contributed by atoms with Crippen LogP contribution in [0.3, 0.4) is 0 Å². The first-order chi connectivity index (χ1) is 15.7. The van der Waals surface area contributed by atoms with Gasteiger partial charge in [0.25, 0.3) is 0 Å². The Balaban J connectivity index is 1.88. The smallest absolute Gasteiger partial charge is 0.162 e. The predicted octanol–water partition coefficient (Wildman–Crippen LogP) is 7.08. The maximum absolute atomic E-state index is 6.15. The molecule has 162 valence electrons. The summed E-state index contributed by atoms with van der Waals surface area (Å²) in [5.74, 6) is 0.779. The summed E-state index contributed by atoms with van der Waals surface area (Å²) in [6, 6.07) is 27.7. The molecule has 0 N–H and O–H groups in total. The summed E-state index contributed by atoms with van der Waals surface area (Å²) >= 11 is 0. The summed E-state index contributed by atoms with van der Waals surface area (Å²) < 4.78 is 17.5. The van der Waals surface area contributed by atoms with E-state index in [1.54, 1.807) is 21.3 Å². The van der Waals surface area contributed by atoms with E-state index < -0.39 is 7.34 Å². The zero-order valence-electron chi connectivity index (χ0n) is 18.3. The molecular formula is C26H25N2O3P. The van der Waals surface area contributed by atoms with E-state index in [2.05, 4.69) is 34.5 Å². The molecule has 0 atom stereocenters. The lowest BCUT2D eigenvalue weighted by Crippen LogP contribution is -2.10. The molecule has 3 aromatic rings. The average Bonchev–Trinajstić information content (AvgIpc) is 2.88. The van der Waals surface area contributed by atoms with Gasteiger partial charge in [-0.1, -0.05) is 60.7 Å². The molecule has 1 aliphatic rings. The molecule has 6 heteroatoms. The Morgan fingerprint density at radius 3 is 1.78 bits per heavy atom. The number of methoxy groups -OCH3 is 1. The second-order valence-electron chi connectivity index (χ2n) is 7.03. The van der Waals surface area contributed by atoms with Gasteiger partial charge < -0.3 is 13.8 Å². The molecule has 0 radical (unpaired) electrons.